The number of carbonyl (C=O) groups excluding carboxylic acids is 1. The second-order valence-corrected chi connectivity index (χ2v) is 4.72. The summed E-state index contributed by atoms with van der Waals surface area (Å²) in [6.45, 7) is 0.104. The van der Waals surface area contributed by atoms with Crippen LogP contribution in [-0.2, 0) is 17.9 Å². The summed E-state index contributed by atoms with van der Waals surface area (Å²) in [6, 6.07) is 2.78. The third kappa shape index (κ3) is 3.55. The van der Waals surface area contributed by atoms with Crippen molar-refractivity contribution in [2.24, 2.45) is 0 Å². The SMILES string of the molecule is Nc1ccc(=O)n(CC(=O)NCc2csc(=O)[nH]2)c1. The molecule has 0 bridgehead atoms. The summed E-state index contributed by atoms with van der Waals surface area (Å²) in [5.74, 6) is -0.334. The summed E-state index contributed by atoms with van der Waals surface area (Å²) in [5.41, 5.74) is 6.28. The summed E-state index contributed by atoms with van der Waals surface area (Å²) in [5, 5.41) is 4.24. The highest BCUT2D eigenvalue weighted by molar-refractivity contribution is 7.07. The number of rotatable bonds is 4. The van der Waals surface area contributed by atoms with Crippen LogP contribution in [0.5, 0.6) is 0 Å². The van der Waals surface area contributed by atoms with E-state index in [4.69, 9.17) is 5.73 Å². The van der Waals surface area contributed by atoms with Crippen molar-refractivity contribution in [3.8, 4) is 0 Å². The largest absolute Gasteiger partial charge is 0.398 e. The molecule has 0 aliphatic rings. The van der Waals surface area contributed by atoms with Crippen LogP contribution in [0.25, 0.3) is 0 Å². The lowest BCUT2D eigenvalue weighted by Crippen LogP contribution is -2.31. The van der Waals surface area contributed by atoms with Crippen LogP contribution >= 0.6 is 11.3 Å². The molecule has 0 radical (unpaired) electrons. The minimum Gasteiger partial charge on any atom is -0.398 e. The molecule has 1 amide bonds. The lowest BCUT2D eigenvalue weighted by atomic mass is 10.4. The lowest BCUT2D eigenvalue weighted by Gasteiger charge is -2.06. The number of nitrogens with two attached hydrogens (primary N) is 1. The van der Waals surface area contributed by atoms with E-state index in [1.165, 1.54) is 22.9 Å². The fourth-order valence-corrected chi connectivity index (χ4v) is 2.06. The van der Waals surface area contributed by atoms with Gasteiger partial charge in [0.05, 0.1) is 6.54 Å². The van der Waals surface area contributed by atoms with E-state index in [0.717, 1.165) is 11.3 Å². The number of nitrogens with zero attached hydrogens (tertiary/aromatic N) is 1. The number of thiazole rings is 1. The first-order valence-corrected chi connectivity index (χ1v) is 6.32. The topological polar surface area (TPSA) is 110 Å². The van der Waals surface area contributed by atoms with Gasteiger partial charge >= 0.3 is 4.87 Å². The lowest BCUT2D eigenvalue weighted by molar-refractivity contribution is -0.121. The molecular formula is C11H12N4O3S. The molecule has 0 saturated heterocycles. The van der Waals surface area contributed by atoms with E-state index >= 15 is 0 Å². The predicted octanol–water partition coefficient (Wildman–Crippen LogP) is -0.503. The predicted molar refractivity (Wildman–Crippen MR) is 71.9 cm³/mol. The molecule has 2 aromatic rings. The molecule has 2 aromatic heterocycles. The molecule has 0 saturated carbocycles. The van der Waals surface area contributed by atoms with Gasteiger partial charge in [0.15, 0.2) is 0 Å². The van der Waals surface area contributed by atoms with E-state index < -0.39 is 0 Å². The Kier molecular flexibility index (Phi) is 3.81. The molecule has 4 N–H and O–H groups in total. The molecule has 0 unspecified atom stereocenters. The van der Waals surface area contributed by atoms with Crippen molar-refractivity contribution in [1.29, 1.82) is 0 Å². The van der Waals surface area contributed by atoms with Gasteiger partial charge in [-0.25, -0.2) is 0 Å². The normalized spacial score (nSPS) is 10.3. The molecule has 0 atom stereocenters. The summed E-state index contributed by atoms with van der Waals surface area (Å²) < 4.78 is 1.22. The number of amides is 1. The van der Waals surface area contributed by atoms with Gasteiger partial charge in [-0.1, -0.05) is 11.3 Å². The Morgan fingerprint density at radius 2 is 2.21 bits per heavy atom. The summed E-state index contributed by atoms with van der Waals surface area (Å²) in [6.07, 6.45) is 1.41. The number of aromatic amines is 1. The number of hydrogen-bond donors (Lipinski definition) is 3. The van der Waals surface area contributed by atoms with E-state index in [1.807, 2.05) is 0 Å². The van der Waals surface area contributed by atoms with E-state index in [-0.39, 0.29) is 29.4 Å². The van der Waals surface area contributed by atoms with Gasteiger partial charge in [-0.05, 0) is 6.07 Å². The highest BCUT2D eigenvalue weighted by atomic mass is 32.1. The first-order chi connectivity index (χ1) is 9.04. The molecule has 8 heteroatoms. The van der Waals surface area contributed by atoms with Crippen LogP contribution in [-0.4, -0.2) is 15.5 Å². The maximum atomic E-state index is 11.7. The van der Waals surface area contributed by atoms with E-state index in [1.54, 1.807) is 5.38 Å². The van der Waals surface area contributed by atoms with Gasteiger partial charge in [-0.2, -0.15) is 0 Å². The fraction of sp³-hybridized carbons (Fsp3) is 0.182. The quantitative estimate of drug-likeness (QED) is 0.701. The Morgan fingerprint density at radius 1 is 1.42 bits per heavy atom. The minimum atomic E-state index is -0.334. The molecule has 100 valence electrons. The zero-order valence-electron chi connectivity index (χ0n) is 9.88. The highest BCUT2D eigenvalue weighted by Gasteiger charge is 2.05. The number of aromatic nitrogens is 2. The summed E-state index contributed by atoms with van der Waals surface area (Å²) in [7, 11) is 0. The molecule has 2 rings (SSSR count). The zero-order chi connectivity index (χ0) is 13.8. The molecule has 0 aliphatic carbocycles. The van der Waals surface area contributed by atoms with Crippen molar-refractivity contribution in [2.45, 2.75) is 13.1 Å². The van der Waals surface area contributed by atoms with Crippen LogP contribution in [0.3, 0.4) is 0 Å². The van der Waals surface area contributed by atoms with Crippen LogP contribution in [0.15, 0.2) is 33.3 Å². The second kappa shape index (κ2) is 5.53. The maximum absolute atomic E-state index is 11.7. The number of anilines is 1. The van der Waals surface area contributed by atoms with Crippen molar-refractivity contribution >= 4 is 22.9 Å². The first kappa shape index (κ1) is 13.1. The highest BCUT2D eigenvalue weighted by Crippen LogP contribution is 1.97. The Hall–Kier alpha value is -2.35. The van der Waals surface area contributed by atoms with Gasteiger partial charge in [0.2, 0.25) is 5.91 Å². The summed E-state index contributed by atoms with van der Waals surface area (Å²) in [4.78, 5) is 36.4. The van der Waals surface area contributed by atoms with Crippen LogP contribution in [0.1, 0.15) is 5.69 Å². The summed E-state index contributed by atoms with van der Waals surface area (Å²) >= 11 is 1.03. The Bertz CT molecular complexity index is 700. The molecular weight excluding hydrogens is 268 g/mol. The number of H-pyrrole nitrogens is 1. The third-order valence-electron chi connectivity index (χ3n) is 2.37. The average molecular weight is 280 g/mol. The van der Waals surface area contributed by atoms with Gasteiger partial charge in [0, 0.05) is 29.0 Å². The Labute approximate surface area is 111 Å². The number of nitrogens with one attached hydrogen (secondary N) is 2. The number of carbonyl (C=O) groups is 1. The van der Waals surface area contributed by atoms with Crippen LogP contribution in [0.4, 0.5) is 5.69 Å². The van der Waals surface area contributed by atoms with E-state index in [9.17, 15) is 14.4 Å². The Balaban J connectivity index is 1.96. The number of pyridine rings is 1. The molecule has 0 spiro atoms. The van der Waals surface area contributed by atoms with Crippen molar-refractivity contribution in [3.63, 3.8) is 0 Å². The third-order valence-corrected chi connectivity index (χ3v) is 3.09. The molecule has 0 aliphatic heterocycles. The molecule has 0 aromatic carbocycles. The van der Waals surface area contributed by atoms with Crippen molar-refractivity contribution in [2.75, 3.05) is 5.73 Å². The molecule has 19 heavy (non-hydrogen) atoms. The van der Waals surface area contributed by atoms with E-state index in [0.29, 0.717) is 11.4 Å². The van der Waals surface area contributed by atoms with Gasteiger partial charge in [0.25, 0.3) is 5.56 Å². The average Bonchev–Trinajstić information content (AvgIpc) is 2.77. The van der Waals surface area contributed by atoms with Crippen molar-refractivity contribution < 1.29 is 4.79 Å². The standard InChI is InChI=1S/C11H12N4O3S/c12-7-1-2-10(17)15(4-7)5-9(16)13-3-8-6-19-11(18)14-8/h1-2,4,6H,3,5,12H2,(H,13,16)(H,14,18). The Morgan fingerprint density at radius 3 is 2.89 bits per heavy atom. The number of hydrogen-bond acceptors (Lipinski definition) is 5. The van der Waals surface area contributed by atoms with Crippen LogP contribution < -0.4 is 21.5 Å². The van der Waals surface area contributed by atoms with Crippen LogP contribution in [0, 0.1) is 0 Å². The van der Waals surface area contributed by atoms with Crippen molar-refractivity contribution in [3.05, 3.63) is 49.4 Å². The van der Waals surface area contributed by atoms with Gasteiger partial charge in [-0.15, -0.1) is 0 Å². The van der Waals surface area contributed by atoms with E-state index in [2.05, 4.69) is 10.3 Å². The molecule has 0 fully saturated rings. The van der Waals surface area contributed by atoms with Crippen LogP contribution in [0.2, 0.25) is 0 Å². The maximum Gasteiger partial charge on any atom is 0.304 e. The smallest absolute Gasteiger partial charge is 0.304 e. The minimum absolute atomic E-state index is 0.113. The monoisotopic (exact) mass is 280 g/mol. The second-order valence-electron chi connectivity index (χ2n) is 3.88. The van der Waals surface area contributed by atoms with Gasteiger partial charge in [0.1, 0.15) is 6.54 Å². The number of nitrogen functional groups attached to an aromatic ring is 1. The zero-order valence-corrected chi connectivity index (χ0v) is 10.7. The molecule has 7 nitrogen and oxygen atoms in total. The van der Waals surface area contributed by atoms with Gasteiger partial charge in [-0.3, -0.25) is 14.4 Å². The first-order valence-electron chi connectivity index (χ1n) is 5.44. The van der Waals surface area contributed by atoms with Gasteiger partial charge < -0.3 is 20.6 Å². The fourth-order valence-electron chi connectivity index (χ4n) is 1.48. The molecule has 2 heterocycles. The van der Waals surface area contributed by atoms with Crippen molar-refractivity contribution in [1.82, 2.24) is 14.9 Å².